The molecule has 20 heavy (non-hydrogen) atoms. The van der Waals surface area contributed by atoms with E-state index >= 15 is 0 Å². The van der Waals surface area contributed by atoms with Gasteiger partial charge in [-0.05, 0) is 24.5 Å². The van der Waals surface area contributed by atoms with E-state index in [0.717, 1.165) is 5.56 Å². The molecule has 9 heteroatoms. The Morgan fingerprint density at radius 2 is 2.10 bits per heavy atom. The number of aryl methyl sites for hydroxylation is 1. The van der Waals surface area contributed by atoms with Gasteiger partial charge >= 0.3 is 0 Å². The van der Waals surface area contributed by atoms with Crippen LogP contribution in [0, 0.1) is 0 Å². The first-order valence-corrected chi connectivity index (χ1v) is 7.19. The van der Waals surface area contributed by atoms with Crippen LogP contribution < -0.4 is 11.1 Å². The van der Waals surface area contributed by atoms with Crippen molar-refractivity contribution in [1.82, 2.24) is 5.32 Å². The van der Waals surface area contributed by atoms with E-state index in [0.29, 0.717) is 21.5 Å². The minimum absolute atomic E-state index is 0. The molecule has 3 N–H and O–H groups in total. The number of carbonyl (C=O) groups excluding carboxylic acids is 1. The van der Waals surface area contributed by atoms with Gasteiger partial charge in [0.1, 0.15) is 0 Å². The third-order valence-corrected chi connectivity index (χ3v) is 3.99. The quantitative estimate of drug-likeness (QED) is 0.775. The fourth-order valence-electron chi connectivity index (χ4n) is 1.37. The van der Waals surface area contributed by atoms with Crippen molar-refractivity contribution in [2.24, 2.45) is 5.73 Å². The molecule has 1 amide bonds. The molecule has 1 rings (SSSR count). The van der Waals surface area contributed by atoms with Gasteiger partial charge in [-0.2, -0.15) is 0 Å². The standard InChI is InChI=1S/C11H14Cl2F2N2OS.ClH/c12-8-4-7(10(13)19-8)2-1-3-9(18)17-6-11(14,15)5-16;/h4H,1-3,5-6,16H2,(H,17,18);1H. The van der Waals surface area contributed by atoms with Crippen LogP contribution in [0.4, 0.5) is 8.78 Å². The number of thiophene rings is 1. The Labute approximate surface area is 136 Å². The first-order valence-electron chi connectivity index (χ1n) is 5.62. The highest BCUT2D eigenvalue weighted by Crippen LogP contribution is 2.31. The minimum atomic E-state index is -3.06. The summed E-state index contributed by atoms with van der Waals surface area (Å²) in [5.41, 5.74) is 5.73. The first-order chi connectivity index (χ1) is 8.84. The second-order valence-corrected chi connectivity index (χ2v) is 6.33. The number of carbonyl (C=O) groups is 1. The molecule has 1 aromatic heterocycles. The lowest BCUT2D eigenvalue weighted by Gasteiger charge is -2.14. The van der Waals surface area contributed by atoms with Crippen LogP contribution in [0.3, 0.4) is 0 Å². The maximum atomic E-state index is 12.8. The summed E-state index contributed by atoms with van der Waals surface area (Å²) in [6.07, 6.45) is 1.26. The number of amides is 1. The highest BCUT2D eigenvalue weighted by Gasteiger charge is 2.26. The summed E-state index contributed by atoms with van der Waals surface area (Å²) in [5.74, 6) is -3.48. The summed E-state index contributed by atoms with van der Waals surface area (Å²) in [4.78, 5) is 11.3. The molecular formula is C11H15Cl3F2N2OS. The Kier molecular flexibility index (Phi) is 8.93. The summed E-state index contributed by atoms with van der Waals surface area (Å²) in [6.45, 7) is -1.51. The molecule has 1 aromatic rings. The summed E-state index contributed by atoms with van der Waals surface area (Å²) in [7, 11) is 0. The normalized spacial score (nSPS) is 11.1. The van der Waals surface area contributed by atoms with E-state index in [1.54, 1.807) is 6.07 Å². The number of halogens is 5. The number of hydrogen-bond donors (Lipinski definition) is 2. The lowest BCUT2D eigenvalue weighted by molar-refractivity contribution is -0.122. The van der Waals surface area contributed by atoms with Crippen molar-refractivity contribution in [3.05, 3.63) is 20.3 Å². The lowest BCUT2D eigenvalue weighted by atomic mass is 10.1. The van der Waals surface area contributed by atoms with Crippen molar-refractivity contribution >= 4 is 52.9 Å². The van der Waals surface area contributed by atoms with Crippen LogP contribution in [0.15, 0.2) is 6.07 Å². The topological polar surface area (TPSA) is 55.1 Å². The molecule has 0 aliphatic carbocycles. The van der Waals surface area contributed by atoms with Crippen LogP contribution in [0.1, 0.15) is 18.4 Å². The highest BCUT2D eigenvalue weighted by atomic mass is 35.5. The third kappa shape index (κ3) is 7.04. The van der Waals surface area contributed by atoms with Crippen molar-refractivity contribution in [3.63, 3.8) is 0 Å². The van der Waals surface area contributed by atoms with Gasteiger partial charge in [0.15, 0.2) is 0 Å². The molecule has 3 nitrogen and oxygen atoms in total. The number of nitrogens with one attached hydrogen (secondary N) is 1. The SMILES string of the molecule is Cl.NCC(F)(F)CNC(=O)CCCc1cc(Cl)sc1Cl. The summed E-state index contributed by atoms with van der Waals surface area (Å²) < 4.78 is 26.8. The number of hydrogen-bond acceptors (Lipinski definition) is 3. The molecule has 0 bridgehead atoms. The first kappa shape index (κ1) is 19.9. The van der Waals surface area contributed by atoms with Gasteiger partial charge in [-0.1, -0.05) is 23.2 Å². The Morgan fingerprint density at radius 1 is 1.45 bits per heavy atom. The Bertz CT molecular complexity index is 443. The van der Waals surface area contributed by atoms with Gasteiger partial charge in [-0.3, -0.25) is 4.79 Å². The van der Waals surface area contributed by atoms with Gasteiger partial charge in [0, 0.05) is 6.42 Å². The molecule has 116 valence electrons. The van der Waals surface area contributed by atoms with Gasteiger partial charge in [0.2, 0.25) is 5.91 Å². The number of rotatable bonds is 7. The fourth-order valence-corrected chi connectivity index (χ4v) is 2.92. The van der Waals surface area contributed by atoms with E-state index in [1.165, 1.54) is 11.3 Å². The molecule has 0 aliphatic heterocycles. The Hall–Kier alpha value is -0.140. The molecule has 0 radical (unpaired) electrons. The van der Waals surface area contributed by atoms with Crippen molar-refractivity contribution in [2.45, 2.75) is 25.2 Å². The molecule has 1 heterocycles. The van der Waals surface area contributed by atoms with Crippen molar-refractivity contribution in [3.8, 4) is 0 Å². The fraction of sp³-hybridized carbons (Fsp3) is 0.545. The van der Waals surface area contributed by atoms with E-state index in [-0.39, 0.29) is 18.8 Å². The van der Waals surface area contributed by atoms with E-state index in [1.807, 2.05) is 0 Å². The average molecular weight is 368 g/mol. The highest BCUT2D eigenvalue weighted by molar-refractivity contribution is 7.20. The monoisotopic (exact) mass is 366 g/mol. The molecule has 0 aliphatic rings. The smallest absolute Gasteiger partial charge is 0.277 e. The molecular weight excluding hydrogens is 353 g/mol. The van der Waals surface area contributed by atoms with E-state index in [2.05, 4.69) is 5.32 Å². The van der Waals surface area contributed by atoms with Crippen molar-refractivity contribution in [1.29, 1.82) is 0 Å². The molecule has 0 saturated carbocycles. The van der Waals surface area contributed by atoms with Crippen LogP contribution in [0.5, 0.6) is 0 Å². The van der Waals surface area contributed by atoms with Gasteiger partial charge < -0.3 is 11.1 Å². The Balaban J connectivity index is 0.00000361. The second-order valence-electron chi connectivity index (χ2n) is 4.04. The van der Waals surface area contributed by atoms with E-state index in [9.17, 15) is 13.6 Å². The van der Waals surface area contributed by atoms with Crippen LogP contribution in [0.2, 0.25) is 8.67 Å². The summed E-state index contributed by atoms with van der Waals surface area (Å²) >= 11 is 13.0. The average Bonchev–Trinajstić information content (AvgIpc) is 2.66. The summed E-state index contributed by atoms with van der Waals surface area (Å²) in [6, 6.07) is 1.75. The second kappa shape index (κ2) is 9.00. The lowest BCUT2D eigenvalue weighted by Crippen LogP contribution is -2.41. The van der Waals surface area contributed by atoms with Gasteiger partial charge in [0.25, 0.3) is 5.92 Å². The number of nitrogens with two attached hydrogens (primary N) is 1. The number of alkyl halides is 2. The van der Waals surface area contributed by atoms with Crippen LogP contribution in [-0.4, -0.2) is 24.9 Å². The molecule has 0 unspecified atom stereocenters. The zero-order valence-corrected chi connectivity index (χ0v) is 13.6. The molecule has 0 atom stereocenters. The van der Waals surface area contributed by atoms with Gasteiger partial charge in [-0.25, -0.2) is 8.78 Å². The molecule has 0 aromatic carbocycles. The van der Waals surface area contributed by atoms with Crippen LogP contribution in [0.25, 0.3) is 0 Å². The maximum absolute atomic E-state index is 12.8. The third-order valence-electron chi connectivity index (χ3n) is 2.42. The predicted octanol–water partition coefficient (Wildman–Crippen LogP) is 3.51. The molecule has 0 spiro atoms. The van der Waals surface area contributed by atoms with Crippen LogP contribution >= 0.6 is 46.9 Å². The van der Waals surface area contributed by atoms with Crippen LogP contribution in [-0.2, 0) is 11.2 Å². The maximum Gasteiger partial charge on any atom is 0.277 e. The molecule has 0 fully saturated rings. The zero-order chi connectivity index (χ0) is 14.5. The van der Waals surface area contributed by atoms with Crippen molar-refractivity contribution in [2.75, 3.05) is 13.1 Å². The van der Waals surface area contributed by atoms with Crippen molar-refractivity contribution < 1.29 is 13.6 Å². The van der Waals surface area contributed by atoms with Gasteiger partial charge in [-0.15, -0.1) is 23.7 Å². The molecule has 0 saturated heterocycles. The largest absolute Gasteiger partial charge is 0.350 e. The summed E-state index contributed by atoms with van der Waals surface area (Å²) in [5, 5.41) is 2.15. The minimum Gasteiger partial charge on any atom is -0.350 e. The van der Waals surface area contributed by atoms with E-state index in [4.69, 9.17) is 28.9 Å². The Morgan fingerprint density at radius 3 is 2.60 bits per heavy atom. The zero-order valence-electron chi connectivity index (χ0n) is 10.4. The van der Waals surface area contributed by atoms with E-state index < -0.39 is 24.9 Å². The predicted molar refractivity (Wildman–Crippen MR) is 81.5 cm³/mol. The van der Waals surface area contributed by atoms with Gasteiger partial charge in [0.05, 0.1) is 21.8 Å².